The van der Waals surface area contributed by atoms with Gasteiger partial charge < -0.3 is 10.1 Å². The molecule has 2 aromatic carbocycles. The van der Waals surface area contributed by atoms with Crippen LogP contribution in [0, 0.1) is 13.8 Å². The van der Waals surface area contributed by atoms with E-state index >= 15 is 0 Å². The molecule has 128 valence electrons. The van der Waals surface area contributed by atoms with Gasteiger partial charge >= 0.3 is 0 Å². The summed E-state index contributed by atoms with van der Waals surface area (Å²) in [5, 5.41) is 3.53. The van der Waals surface area contributed by atoms with Gasteiger partial charge in [0.1, 0.15) is 5.75 Å². The summed E-state index contributed by atoms with van der Waals surface area (Å²) in [7, 11) is 0. The molecule has 0 bridgehead atoms. The highest BCUT2D eigenvalue weighted by Gasteiger charge is 2.12. The molecule has 0 spiro atoms. The minimum Gasteiger partial charge on any atom is -0.483 e. The maximum atomic E-state index is 12.1. The molecule has 0 heterocycles. The van der Waals surface area contributed by atoms with E-state index in [9.17, 15) is 4.79 Å². The smallest absolute Gasteiger partial charge is 0.262 e. The minimum atomic E-state index is -0.204. The van der Waals surface area contributed by atoms with Crippen LogP contribution in [0.25, 0.3) is 0 Å². The van der Waals surface area contributed by atoms with Gasteiger partial charge in [-0.3, -0.25) is 4.79 Å². The summed E-state index contributed by atoms with van der Waals surface area (Å²) in [6.45, 7) is 8.02. The number of amides is 1. The largest absolute Gasteiger partial charge is 0.483 e. The summed E-state index contributed by atoms with van der Waals surface area (Å²) >= 11 is 9.66. The fraction of sp³-hybridized carbons (Fsp3) is 0.316. The molecule has 1 N–H and O–H groups in total. The first kappa shape index (κ1) is 18.8. The highest BCUT2D eigenvalue weighted by molar-refractivity contribution is 9.10. The first-order valence-electron chi connectivity index (χ1n) is 7.77. The van der Waals surface area contributed by atoms with Gasteiger partial charge in [-0.25, -0.2) is 0 Å². The van der Waals surface area contributed by atoms with Gasteiger partial charge in [0, 0.05) is 10.7 Å². The maximum Gasteiger partial charge on any atom is 0.262 e. The Labute approximate surface area is 156 Å². The predicted octanol–water partition coefficient (Wildman–Crippen LogP) is 5.86. The van der Waals surface area contributed by atoms with Crippen LogP contribution in [0.3, 0.4) is 0 Å². The SMILES string of the molecule is Cc1cc(OCC(=O)Nc2ccc(C(C)C)cc2)c(Br)c(C)c1Cl. The molecule has 0 saturated carbocycles. The van der Waals surface area contributed by atoms with E-state index in [0.29, 0.717) is 16.7 Å². The van der Waals surface area contributed by atoms with Gasteiger partial charge in [0.05, 0.1) is 4.47 Å². The van der Waals surface area contributed by atoms with Gasteiger partial charge in [0.2, 0.25) is 0 Å². The predicted molar refractivity (Wildman–Crippen MR) is 103 cm³/mol. The monoisotopic (exact) mass is 409 g/mol. The average Bonchev–Trinajstić information content (AvgIpc) is 2.55. The van der Waals surface area contributed by atoms with E-state index in [-0.39, 0.29) is 12.5 Å². The van der Waals surface area contributed by atoms with E-state index in [0.717, 1.165) is 21.3 Å². The fourth-order valence-corrected chi connectivity index (χ4v) is 2.99. The van der Waals surface area contributed by atoms with Gasteiger partial charge in [-0.2, -0.15) is 0 Å². The second-order valence-electron chi connectivity index (χ2n) is 6.06. The Morgan fingerprint density at radius 3 is 2.46 bits per heavy atom. The standard InChI is InChI=1S/C19H21BrClNO2/c1-11(2)14-5-7-15(8-6-14)22-17(23)10-24-16-9-12(3)19(21)13(4)18(16)20/h5-9,11H,10H2,1-4H3,(H,22,23). The third-order valence-electron chi connectivity index (χ3n) is 3.79. The molecule has 3 nitrogen and oxygen atoms in total. The Bertz CT molecular complexity index is 742. The van der Waals surface area contributed by atoms with Gasteiger partial charge in [-0.05, 0) is 70.6 Å². The number of ether oxygens (including phenoxy) is 1. The van der Waals surface area contributed by atoms with Gasteiger partial charge in [-0.1, -0.05) is 37.6 Å². The zero-order valence-electron chi connectivity index (χ0n) is 14.2. The van der Waals surface area contributed by atoms with Crippen molar-refractivity contribution in [2.45, 2.75) is 33.6 Å². The third kappa shape index (κ3) is 4.52. The van der Waals surface area contributed by atoms with Gasteiger partial charge in [-0.15, -0.1) is 0 Å². The lowest BCUT2D eigenvalue weighted by molar-refractivity contribution is -0.118. The zero-order valence-corrected chi connectivity index (χ0v) is 16.6. The number of nitrogens with one attached hydrogen (secondary N) is 1. The summed E-state index contributed by atoms with van der Waals surface area (Å²) < 4.78 is 6.40. The molecular formula is C19H21BrClNO2. The molecule has 0 aliphatic rings. The van der Waals surface area contributed by atoms with Crippen molar-refractivity contribution < 1.29 is 9.53 Å². The van der Waals surface area contributed by atoms with Crippen LogP contribution in [0.5, 0.6) is 5.75 Å². The van der Waals surface area contributed by atoms with Crippen molar-refractivity contribution in [1.29, 1.82) is 0 Å². The quantitative estimate of drug-likeness (QED) is 0.670. The number of aryl methyl sites for hydroxylation is 1. The minimum absolute atomic E-state index is 0.0644. The molecule has 0 radical (unpaired) electrons. The second-order valence-corrected chi connectivity index (χ2v) is 7.23. The number of rotatable bonds is 5. The van der Waals surface area contributed by atoms with Crippen LogP contribution < -0.4 is 10.1 Å². The molecule has 0 fully saturated rings. The van der Waals surface area contributed by atoms with Crippen molar-refractivity contribution in [1.82, 2.24) is 0 Å². The molecule has 0 aliphatic heterocycles. The molecule has 2 aromatic rings. The van der Waals surface area contributed by atoms with Crippen LogP contribution in [0.4, 0.5) is 5.69 Å². The van der Waals surface area contributed by atoms with Crippen molar-refractivity contribution in [2.75, 3.05) is 11.9 Å². The Balaban J connectivity index is 1.99. The summed E-state index contributed by atoms with van der Waals surface area (Å²) in [4.78, 5) is 12.1. The third-order valence-corrected chi connectivity index (χ3v) is 5.36. The molecule has 0 aliphatic carbocycles. The molecular weight excluding hydrogens is 390 g/mol. The molecule has 0 unspecified atom stereocenters. The number of carbonyl (C=O) groups is 1. The molecule has 1 amide bonds. The van der Waals surface area contributed by atoms with Crippen LogP contribution in [0.15, 0.2) is 34.8 Å². The van der Waals surface area contributed by atoms with Crippen LogP contribution >= 0.6 is 27.5 Å². The van der Waals surface area contributed by atoms with E-state index < -0.39 is 0 Å². The Kier molecular flexibility index (Phi) is 6.30. The van der Waals surface area contributed by atoms with Gasteiger partial charge in [0.15, 0.2) is 6.61 Å². The van der Waals surface area contributed by atoms with Crippen molar-refractivity contribution in [2.24, 2.45) is 0 Å². The van der Waals surface area contributed by atoms with E-state index in [1.165, 1.54) is 5.56 Å². The Hall–Kier alpha value is -1.52. The number of carbonyl (C=O) groups excluding carboxylic acids is 1. The van der Waals surface area contributed by atoms with Crippen LogP contribution in [0.2, 0.25) is 5.02 Å². The van der Waals surface area contributed by atoms with E-state index in [4.69, 9.17) is 16.3 Å². The molecule has 2 rings (SSSR count). The molecule has 5 heteroatoms. The summed E-state index contributed by atoms with van der Waals surface area (Å²) in [5.74, 6) is 0.871. The highest BCUT2D eigenvalue weighted by Crippen LogP contribution is 2.35. The molecule has 24 heavy (non-hydrogen) atoms. The van der Waals surface area contributed by atoms with E-state index in [1.54, 1.807) is 0 Å². The maximum absolute atomic E-state index is 12.1. The lowest BCUT2D eigenvalue weighted by Gasteiger charge is -2.13. The number of hydrogen-bond donors (Lipinski definition) is 1. The summed E-state index contributed by atoms with van der Waals surface area (Å²) in [6.07, 6.45) is 0. The number of anilines is 1. The average molecular weight is 411 g/mol. The highest BCUT2D eigenvalue weighted by atomic mass is 79.9. The van der Waals surface area contributed by atoms with Crippen LogP contribution in [-0.4, -0.2) is 12.5 Å². The van der Waals surface area contributed by atoms with Gasteiger partial charge in [0.25, 0.3) is 5.91 Å². The zero-order chi connectivity index (χ0) is 17.9. The number of benzene rings is 2. The van der Waals surface area contributed by atoms with Crippen molar-refractivity contribution >= 4 is 39.1 Å². The van der Waals surface area contributed by atoms with Crippen molar-refractivity contribution in [3.8, 4) is 5.75 Å². The number of halogens is 2. The second kappa shape index (κ2) is 8.04. The molecule has 0 atom stereocenters. The lowest BCUT2D eigenvalue weighted by atomic mass is 10.0. The van der Waals surface area contributed by atoms with Crippen molar-refractivity contribution in [3.63, 3.8) is 0 Å². The van der Waals surface area contributed by atoms with Crippen LogP contribution in [-0.2, 0) is 4.79 Å². The Morgan fingerprint density at radius 1 is 1.25 bits per heavy atom. The molecule has 0 aromatic heterocycles. The lowest BCUT2D eigenvalue weighted by Crippen LogP contribution is -2.20. The Morgan fingerprint density at radius 2 is 1.88 bits per heavy atom. The normalized spacial score (nSPS) is 10.8. The fourth-order valence-electron chi connectivity index (χ4n) is 2.30. The first-order valence-corrected chi connectivity index (χ1v) is 8.94. The van der Waals surface area contributed by atoms with Crippen molar-refractivity contribution in [3.05, 3.63) is 56.5 Å². The summed E-state index contributed by atoms with van der Waals surface area (Å²) in [6, 6.07) is 9.66. The summed E-state index contributed by atoms with van der Waals surface area (Å²) in [5.41, 5.74) is 3.81. The first-order chi connectivity index (χ1) is 11.3. The van der Waals surface area contributed by atoms with Crippen LogP contribution in [0.1, 0.15) is 36.5 Å². The molecule has 0 saturated heterocycles. The van der Waals surface area contributed by atoms with E-state index in [1.807, 2.05) is 44.2 Å². The number of hydrogen-bond acceptors (Lipinski definition) is 2. The topological polar surface area (TPSA) is 38.3 Å². The van der Waals surface area contributed by atoms with E-state index in [2.05, 4.69) is 35.1 Å².